The van der Waals surface area contributed by atoms with Crippen LogP contribution < -0.4 is 0 Å². The van der Waals surface area contributed by atoms with Crippen LogP contribution in [0.15, 0.2) is 42.5 Å². The van der Waals surface area contributed by atoms with Gasteiger partial charge in [-0.05, 0) is 42.3 Å². The van der Waals surface area contributed by atoms with Gasteiger partial charge in [0.1, 0.15) is 6.04 Å². The first-order valence-electron chi connectivity index (χ1n) is 8.17. The average Bonchev–Trinajstić information content (AvgIpc) is 3.27. The lowest BCUT2D eigenvalue weighted by atomic mass is 10.0. The molecule has 0 N–H and O–H groups in total. The van der Waals surface area contributed by atoms with Crippen molar-refractivity contribution in [1.82, 2.24) is 4.90 Å². The minimum Gasteiger partial charge on any atom is -0.465 e. The van der Waals surface area contributed by atoms with Crippen molar-refractivity contribution in [3.05, 3.63) is 48.0 Å². The highest BCUT2D eigenvalue weighted by molar-refractivity contribution is 5.85. The van der Waals surface area contributed by atoms with Gasteiger partial charge in [-0.3, -0.25) is 9.69 Å². The van der Waals surface area contributed by atoms with Crippen molar-refractivity contribution in [1.29, 1.82) is 0 Å². The molecule has 2 aromatic carbocycles. The van der Waals surface area contributed by atoms with E-state index in [1.165, 1.54) is 16.3 Å². The largest absolute Gasteiger partial charge is 0.465 e. The number of benzene rings is 2. The van der Waals surface area contributed by atoms with Crippen molar-refractivity contribution in [2.45, 2.75) is 38.8 Å². The summed E-state index contributed by atoms with van der Waals surface area (Å²) < 4.78 is 5.23. The van der Waals surface area contributed by atoms with Gasteiger partial charge in [0.25, 0.3) is 0 Å². The van der Waals surface area contributed by atoms with Crippen molar-refractivity contribution in [3.8, 4) is 0 Å². The second-order valence-electron chi connectivity index (χ2n) is 5.84. The van der Waals surface area contributed by atoms with E-state index in [0.29, 0.717) is 6.61 Å². The van der Waals surface area contributed by atoms with Crippen LogP contribution in [-0.2, 0) is 9.53 Å². The fourth-order valence-corrected chi connectivity index (χ4v) is 3.15. The molecule has 0 saturated carbocycles. The number of unbranched alkanes of at least 4 members (excludes halogenated alkanes) is 1. The number of nitrogens with zero attached hydrogens (tertiary/aromatic N) is 1. The third-order valence-electron chi connectivity index (χ3n) is 4.34. The highest BCUT2D eigenvalue weighted by Crippen LogP contribution is 2.44. The molecule has 3 nitrogen and oxygen atoms in total. The van der Waals surface area contributed by atoms with E-state index in [0.717, 1.165) is 19.4 Å². The molecule has 1 aliphatic rings. The lowest BCUT2D eigenvalue weighted by Crippen LogP contribution is -2.16. The summed E-state index contributed by atoms with van der Waals surface area (Å²) in [7, 11) is 0. The van der Waals surface area contributed by atoms with E-state index in [2.05, 4.69) is 48.2 Å². The molecular formula is C19H23NO2. The van der Waals surface area contributed by atoms with E-state index in [-0.39, 0.29) is 18.1 Å². The number of carbonyl (C=O) groups excluding carboxylic acids is 1. The smallest absolute Gasteiger partial charge is 0.325 e. The topological polar surface area (TPSA) is 29.3 Å². The van der Waals surface area contributed by atoms with E-state index in [4.69, 9.17) is 4.74 Å². The van der Waals surface area contributed by atoms with E-state index >= 15 is 0 Å². The monoisotopic (exact) mass is 297 g/mol. The SMILES string of the molecule is CCCCN1[C@H](C(=O)OCC)[C@H]1c1ccc2ccccc2c1. The standard InChI is InChI=1S/C19H23NO2/c1-3-5-12-20-17(18(20)19(21)22-4-2)16-11-10-14-8-6-7-9-15(14)13-16/h6-11,13,17-18H,3-5,12H2,1-2H3/t17-,18+,20?/m1/s1. The number of hydrogen-bond acceptors (Lipinski definition) is 3. The minimum absolute atomic E-state index is 0.0863. The molecule has 3 heteroatoms. The first kappa shape index (κ1) is 15.0. The molecular weight excluding hydrogens is 274 g/mol. The van der Waals surface area contributed by atoms with E-state index in [9.17, 15) is 4.79 Å². The fourth-order valence-electron chi connectivity index (χ4n) is 3.15. The van der Waals surface area contributed by atoms with E-state index in [1.807, 2.05) is 13.0 Å². The predicted octanol–water partition coefficient (Wildman–Crippen LogP) is 3.93. The molecule has 0 aromatic heterocycles. The van der Waals surface area contributed by atoms with Gasteiger partial charge >= 0.3 is 5.97 Å². The van der Waals surface area contributed by atoms with Crippen LogP contribution in [0.2, 0.25) is 0 Å². The molecule has 0 spiro atoms. The molecule has 0 amide bonds. The number of esters is 1. The third-order valence-corrected chi connectivity index (χ3v) is 4.34. The summed E-state index contributed by atoms with van der Waals surface area (Å²) in [6.07, 6.45) is 2.25. The van der Waals surface area contributed by atoms with Gasteiger partial charge in [-0.15, -0.1) is 0 Å². The predicted molar refractivity (Wildman–Crippen MR) is 88.7 cm³/mol. The summed E-state index contributed by atoms with van der Waals surface area (Å²) in [6, 6.07) is 14.9. The molecule has 116 valence electrons. The Kier molecular flexibility index (Phi) is 4.44. The first-order valence-corrected chi connectivity index (χ1v) is 8.17. The maximum atomic E-state index is 12.2. The number of carbonyl (C=O) groups is 1. The van der Waals surface area contributed by atoms with Gasteiger partial charge in [0, 0.05) is 0 Å². The summed E-state index contributed by atoms with van der Waals surface area (Å²) in [6.45, 7) is 5.44. The number of ether oxygens (including phenoxy) is 1. The normalized spacial score (nSPS) is 23.5. The van der Waals surface area contributed by atoms with Crippen molar-refractivity contribution in [3.63, 3.8) is 0 Å². The van der Waals surface area contributed by atoms with Crippen molar-refractivity contribution < 1.29 is 9.53 Å². The van der Waals surface area contributed by atoms with Crippen LogP contribution in [0, 0.1) is 0 Å². The molecule has 0 radical (unpaired) electrons. The Bertz CT molecular complexity index is 667. The number of fused-ring (bicyclic) bond motifs is 1. The average molecular weight is 297 g/mol. The Labute approximate surface area is 131 Å². The summed E-state index contributed by atoms with van der Waals surface area (Å²) >= 11 is 0. The molecule has 0 aliphatic carbocycles. The lowest BCUT2D eigenvalue weighted by Gasteiger charge is -2.04. The highest BCUT2D eigenvalue weighted by atomic mass is 16.5. The Hall–Kier alpha value is -1.87. The van der Waals surface area contributed by atoms with Crippen LogP contribution in [0.4, 0.5) is 0 Å². The Morgan fingerprint density at radius 2 is 1.91 bits per heavy atom. The van der Waals surface area contributed by atoms with Crippen LogP contribution in [0.5, 0.6) is 0 Å². The summed E-state index contributed by atoms with van der Waals surface area (Å²) in [5.41, 5.74) is 1.22. The van der Waals surface area contributed by atoms with Crippen LogP contribution in [0.1, 0.15) is 38.3 Å². The van der Waals surface area contributed by atoms with Crippen LogP contribution in [0.25, 0.3) is 10.8 Å². The lowest BCUT2D eigenvalue weighted by molar-refractivity contribution is -0.143. The van der Waals surface area contributed by atoms with Crippen molar-refractivity contribution >= 4 is 16.7 Å². The van der Waals surface area contributed by atoms with Gasteiger partial charge in [-0.2, -0.15) is 0 Å². The molecule has 1 fully saturated rings. The molecule has 2 aromatic rings. The van der Waals surface area contributed by atoms with Gasteiger partial charge in [0.15, 0.2) is 0 Å². The molecule has 1 heterocycles. The zero-order valence-electron chi connectivity index (χ0n) is 13.3. The second kappa shape index (κ2) is 6.49. The molecule has 0 bridgehead atoms. The molecule has 22 heavy (non-hydrogen) atoms. The van der Waals surface area contributed by atoms with Crippen molar-refractivity contribution in [2.24, 2.45) is 0 Å². The summed E-state index contributed by atoms with van der Waals surface area (Å²) in [5, 5.41) is 2.46. The third kappa shape index (κ3) is 2.86. The summed E-state index contributed by atoms with van der Waals surface area (Å²) in [4.78, 5) is 14.4. The molecule has 3 rings (SSSR count). The number of hydrogen-bond donors (Lipinski definition) is 0. The van der Waals surface area contributed by atoms with Gasteiger partial charge in [0.05, 0.1) is 12.6 Å². The summed E-state index contributed by atoms with van der Waals surface area (Å²) in [5.74, 6) is -0.0863. The molecule has 3 atom stereocenters. The van der Waals surface area contributed by atoms with Crippen molar-refractivity contribution in [2.75, 3.05) is 13.2 Å². The van der Waals surface area contributed by atoms with E-state index < -0.39 is 0 Å². The van der Waals surface area contributed by atoms with Gasteiger partial charge in [0.2, 0.25) is 0 Å². The Balaban J connectivity index is 1.84. The minimum atomic E-state index is -0.104. The molecule has 1 unspecified atom stereocenters. The zero-order chi connectivity index (χ0) is 15.5. The first-order chi connectivity index (χ1) is 10.8. The van der Waals surface area contributed by atoms with Gasteiger partial charge in [-0.25, -0.2) is 0 Å². The quantitative estimate of drug-likeness (QED) is 0.597. The number of rotatable bonds is 6. The maximum absolute atomic E-state index is 12.2. The Morgan fingerprint density at radius 1 is 1.14 bits per heavy atom. The van der Waals surface area contributed by atoms with Gasteiger partial charge in [-0.1, -0.05) is 49.7 Å². The zero-order valence-corrected chi connectivity index (χ0v) is 13.3. The fraction of sp³-hybridized carbons (Fsp3) is 0.421. The van der Waals surface area contributed by atoms with Crippen LogP contribution in [0.3, 0.4) is 0 Å². The Morgan fingerprint density at radius 3 is 2.64 bits per heavy atom. The molecule has 1 aliphatic heterocycles. The maximum Gasteiger partial charge on any atom is 0.325 e. The highest BCUT2D eigenvalue weighted by Gasteiger charge is 2.53. The van der Waals surface area contributed by atoms with Gasteiger partial charge < -0.3 is 4.74 Å². The second-order valence-corrected chi connectivity index (χ2v) is 5.84. The van der Waals surface area contributed by atoms with Crippen LogP contribution >= 0.6 is 0 Å². The van der Waals surface area contributed by atoms with E-state index in [1.54, 1.807) is 0 Å². The van der Waals surface area contributed by atoms with Crippen LogP contribution in [-0.4, -0.2) is 30.1 Å². The molecule has 1 saturated heterocycles.